The summed E-state index contributed by atoms with van der Waals surface area (Å²) in [6.45, 7) is 5.47. The van der Waals surface area contributed by atoms with Crippen molar-refractivity contribution >= 4 is 21.4 Å². The zero-order valence-electron chi connectivity index (χ0n) is 16.4. The molecule has 0 atom stereocenters. The van der Waals surface area contributed by atoms with Gasteiger partial charge in [-0.2, -0.15) is 4.52 Å². The van der Waals surface area contributed by atoms with Gasteiger partial charge in [0.05, 0.1) is 0 Å². The zero-order valence-corrected chi connectivity index (χ0v) is 17.2. The SMILES string of the molecule is CCCc1cc(=O)n2nc(NCC3(N4CCCCC4)CCCCC3)sc2n1. The van der Waals surface area contributed by atoms with Crippen LogP contribution in [0.4, 0.5) is 5.13 Å². The topological polar surface area (TPSA) is 62.5 Å². The van der Waals surface area contributed by atoms with E-state index in [0.717, 1.165) is 30.2 Å². The summed E-state index contributed by atoms with van der Waals surface area (Å²) in [5, 5.41) is 8.91. The van der Waals surface area contributed by atoms with Crippen molar-refractivity contribution in [2.75, 3.05) is 25.0 Å². The van der Waals surface area contributed by atoms with E-state index in [4.69, 9.17) is 0 Å². The number of hydrogen-bond donors (Lipinski definition) is 1. The molecule has 7 heteroatoms. The Morgan fingerprint density at radius 1 is 1.15 bits per heavy atom. The highest BCUT2D eigenvalue weighted by Gasteiger charge is 2.38. The number of nitrogens with zero attached hydrogens (tertiary/aromatic N) is 4. The number of nitrogens with one attached hydrogen (secondary N) is 1. The van der Waals surface area contributed by atoms with E-state index in [1.54, 1.807) is 6.07 Å². The van der Waals surface area contributed by atoms with E-state index in [0.29, 0.717) is 4.96 Å². The third-order valence-corrected chi connectivity index (χ3v) is 7.05. The molecule has 2 fully saturated rings. The lowest BCUT2D eigenvalue weighted by atomic mass is 9.79. The third-order valence-electron chi connectivity index (χ3n) is 6.18. The predicted octanol–water partition coefficient (Wildman–Crippen LogP) is 3.70. The first-order chi connectivity index (χ1) is 13.2. The first-order valence-electron chi connectivity index (χ1n) is 10.6. The van der Waals surface area contributed by atoms with Crippen LogP contribution in [-0.4, -0.2) is 44.7 Å². The van der Waals surface area contributed by atoms with Crippen LogP contribution in [-0.2, 0) is 6.42 Å². The molecule has 2 aliphatic rings. The molecule has 3 heterocycles. The molecule has 0 spiro atoms. The quantitative estimate of drug-likeness (QED) is 0.816. The Balaban J connectivity index is 1.53. The molecule has 0 bridgehead atoms. The molecule has 2 aromatic rings. The molecule has 1 aliphatic carbocycles. The number of aromatic nitrogens is 3. The van der Waals surface area contributed by atoms with Crippen molar-refractivity contribution in [2.45, 2.75) is 76.7 Å². The van der Waals surface area contributed by atoms with E-state index in [-0.39, 0.29) is 11.1 Å². The van der Waals surface area contributed by atoms with Crippen LogP contribution in [0.1, 0.15) is 70.4 Å². The van der Waals surface area contributed by atoms with Crippen LogP contribution in [0.2, 0.25) is 0 Å². The Kier molecular flexibility index (Phi) is 5.78. The number of piperidine rings is 1. The summed E-state index contributed by atoms with van der Waals surface area (Å²) < 4.78 is 1.45. The Morgan fingerprint density at radius 3 is 2.63 bits per heavy atom. The van der Waals surface area contributed by atoms with Gasteiger partial charge in [-0.15, -0.1) is 5.10 Å². The van der Waals surface area contributed by atoms with Gasteiger partial charge in [0, 0.05) is 23.8 Å². The average molecular weight is 390 g/mol. The highest BCUT2D eigenvalue weighted by Crippen LogP contribution is 2.36. The fourth-order valence-electron chi connectivity index (χ4n) is 4.73. The van der Waals surface area contributed by atoms with Crippen molar-refractivity contribution in [3.05, 3.63) is 22.1 Å². The minimum Gasteiger partial charge on any atom is -0.358 e. The van der Waals surface area contributed by atoms with Crippen molar-refractivity contribution in [3.8, 4) is 0 Å². The second-order valence-corrected chi connectivity index (χ2v) is 9.08. The summed E-state index contributed by atoms with van der Waals surface area (Å²) in [4.78, 5) is 20.4. The second-order valence-electron chi connectivity index (χ2n) is 8.12. The summed E-state index contributed by atoms with van der Waals surface area (Å²) in [6.07, 6.45) is 12.4. The fourth-order valence-corrected chi connectivity index (χ4v) is 5.55. The first kappa shape index (κ1) is 18.9. The maximum Gasteiger partial charge on any atom is 0.275 e. The third kappa shape index (κ3) is 4.04. The normalized spacial score (nSPS) is 20.8. The van der Waals surface area contributed by atoms with Gasteiger partial charge >= 0.3 is 0 Å². The first-order valence-corrected chi connectivity index (χ1v) is 11.4. The lowest BCUT2D eigenvalue weighted by Crippen LogP contribution is -2.56. The lowest BCUT2D eigenvalue weighted by Gasteiger charge is -2.48. The molecule has 27 heavy (non-hydrogen) atoms. The predicted molar refractivity (Wildman–Crippen MR) is 111 cm³/mol. The van der Waals surface area contributed by atoms with E-state index < -0.39 is 0 Å². The summed E-state index contributed by atoms with van der Waals surface area (Å²) in [6, 6.07) is 1.62. The van der Waals surface area contributed by atoms with Crippen LogP contribution in [0.5, 0.6) is 0 Å². The minimum absolute atomic E-state index is 0.0730. The lowest BCUT2D eigenvalue weighted by molar-refractivity contribution is 0.0437. The van der Waals surface area contributed by atoms with E-state index in [1.807, 2.05) is 0 Å². The largest absolute Gasteiger partial charge is 0.358 e. The van der Waals surface area contributed by atoms with Gasteiger partial charge in [-0.25, -0.2) is 4.98 Å². The maximum atomic E-state index is 12.3. The van der Waals surface area contributed by atoms with Crippen LogP contribution in [0.15, 0.2) is 10.9 Å². The molecule has 0 aromatic carbocycles. The van der Waals surface area contributed by atoms with E-state index in [1.165, 1.54) is 80.3 Å². The number of anilines is 1. The van der Waals surface area contributed by atoms with Crippen molar-refractivity contribution < 1.29 is 0 Å². The number of rotatable bonds is 6. The van der Waals surface area contributed by atoms with Gasteiger partial charge in [0.1, 0.15) is 0 Å². The molecule has 1 N–H and O–H groups in total. The van der Waals surface area contributed by atoms with E-state index in [9.17, 15) is 4.79 Å². The summed E-state index contributed by atoms with van der Waals surface area (Å²) in [5.74, 6) is 0. The molecule has 0 radical (unpaired) electrons. The Labute approximate surface area is 165 Å². The van der Waals surface area contributed by atoms with E-state index >= 15 is 0 Å². The van der Waals surface area contributed by atoms with Gasteiger partial charge < -0.3 is 5.32 Å². The van der Waals surface area contributed by atoms with Crippen LogP contribution in [0.3, 0.4) is 0 Å². The maximum absolute atomic E-state index is 12.3. The van der Waals surface area contributed by atoms with Crippen molar-refractivity contribution in [1.29, 1.82) is 0 Å². The van der Waals surface area contributed by atoms with E-state index in [2.05, 4.69) is 27.2 Å². The average Bonchev–Trinajstić information content (AvgIpc) is 3.12. The van der Waals surface area contributed by atoms with Gasteiger partial charge in [0.25, 0.3) is 5.56 Å². The molecule has 4 rings (SSSR count). The summed E-state index contributed by atoms with van der Waals surface area (Å²) in [7, 11) is 0. The molecular formula is C20H31N5OS. The highest BCUT2D eigenvalue weighted by atomic mass is 32.1. The van der Waals surface area contributed by atoms with Gasteiger partial charge in [-0.3, -0.25) is 9.69 Å². The van der Waals surface area contributed by atoms with Gasteiger partial charge in [0.2, 0.25) is 10.1 Å². The Bertz CT molecular complexity index is 817. The molecule has 1 saturated heterocycles. The molecular weight excluding hydrogens is 358 g/mol. The van der Waals surface area contributed by atoms with Crippen LogP contribution < -0.4 is 10.9 Å². The molecule has 2 aromatic heterocycles. The number of fused-ring (bicyclic) bond motifs is 1. The molecule has 1 saturated carbocycles. The summed E-state index contributed by atoms with van der Waals surface area (Å²) in [5.41, 5.74) is 1.05. The van der Waals surface area contributed by atoms with Gasteiger partial charge in [-0.05, 0) is 45.2 Å². The van der Waals surface area contributed by atoms with Crippen molar-refractivity contribution in [2.24, 2.45) is 0 Å². The molecule has 0 unspecified atom stereocenters. The van der Waals surface area contributed by atoms with Crippen molar-refractivity contribution in [3.63, 3.8) is 0 Å². The van der Waals surface area contributed by atoms with Crippen LogP contribution in [0, 0.1) is 0 Å². The van der Waals surface area contributed by atoms with Gasteiger partial charge in [0.15, 0.2) is 0 Å². The fraction of sp³-hybridized carbons (Fsp3) is 0.750. The number of likely N-dealkylation sites (tertiary alicyclic amines) is 1. The Morgan fingerprint density at radius 2 is 1.89 bits per heavy atom. The minimum atomic E-state index is -0.0730. The Hall–Kier alpha value is -1.47. The van der Waals surface area contributed by atoms with Gasteiger partial charge in [-0.1, -0.05) is 50.4 Å². The highest BCUT2D eigenvalue weighted by molar-refractivity contribution is 7.20. The molecule has 148 valence electrons. The standard InChI is InChI=1S/C20H31N5OS/c1-2-9-16-14-17(26)25-19(22-16)27-18(23-25)21-15-20(10-5-3-6-11-20)24-12-7-4-8-13-24/h14H,2-13,15H2,1H3,(H,21,23). The van der Waals surface area contributed by atoms with Crippen LogP contribution in [0.25, 0.3) is 4.96 Å². The summed E-state index contributed by atoms with van der Waals surface area (Å²) >= 11 is 1.50. The number of hydrogen-bond acceptors (Lipinski definition) is 6. The smallest absolute Gasteiger partial charge is 0.275 e. The number of aryl methyl sites for hydroxylation is 1. The zero-order chi connectivity index (χ0) is 18.7. The second kappa shape index (κ2) is 8.27. The van der Waals surface area contributed by atoms with Crippen molar-refractivity contribution in [1.82, 2.24) is 19.5 Å². The molecule has 0 amide bonds. The molecule has 6 nitrogen and oxygen atoms in total. The van der Waals surface area contributed by atoms with Crippen LogP contribution >= 0.6 is 11.3 Å². The molecule has 1 aliphatic heterocycles. The monoisotopic (exact) mass is 389 g/mol.